The highest BCUT2D eigenvalue weighted by Crippen LogP contribution is 2.34. The number of hydrogen-bond donors (Lipinski definition) is 2. The molecule has 0 saturated carbocycles. The van der Waals surface area contributed by atoms with Crippen LogP contribution < -0.4 is 10.1 Å². The molecule has 1 heterocycles. The summed E-state index contributed by atoms with van der Waals surface area (Å²) in [7, 11) is 1.25. The molecule has 0 fully saturated rings. The van der Waals surface area contributed by atoms with Crippen molar-refractivity contribution in [1.29, 1.82) is 0 Å². The number of halogens is 4. The Morgan fingerprint density at radius 2 is 1.63 bits per heavy atom. The van der Waals surface area contributed by atoms with Crippen molar-refractivity contribution in [3.05, 3.63) is 106 Å². The van der Waals surface area contributed by atoms with Gasteiger partial charge < -0.3 is 20.1 Å². The van der Waals surface area contributed by atoms with Crippen molar-refractivity contribution in [3.63, 3.8) is 0 Å². The number of aromatic nitrogens is 2. The molecule has 0 bridgehead atoms. The van der Waals surface area contributed by atoms with Crippen molar-refractivity contribution in [2.24, 2.45) is 0 Å². The molecule has 0 atom stereocenters. The normalized spacial score (nSPS) is 11.1. The molecule has 13 heteroatoms. The van der Waals surface area contributed by atoms with Crippen LogP contribution in [0.3, 0.4) is 0 Å². The molecule has 0 unspecified atom stereocenters. The lowest BCUT2D eigenvalue weighted by atomic mass is 10.0. The van der Waals surface area contributed by atoms with Crippen LogP contribution in [0.25, 0.3) is 11.4 Å². The van der Waals surface area contributed by atoms with Crippen molar-refractivity contribution in [2.75, 3.05) is 19.0 Å². The predicted octanol–water partition coefficient (Wildman–Crippen LogP) is 5.84. The molecular weight excluding hydrogens is 633 g/mol. The average molecular weight is 657 g/mol. The maximum absolute atomic E-state index is 13.5. The van der Waals surface area contributed by atoms with E-state index in [1.54, 1.807) is 36.7 Å². The second kappa shape index (κ2) is 13.5. The second-order valence-electron chi connectivity index (χ2n) is 9.30. The highest BCUT2D eigenvalue weighted by molar-refractivity contribution is 9.10. The third-order valence-electron chi connectivity index (χ3n) is 6.21. The first-order chi connectivity index (χ1) is 20.4. The zero-order valence-electron chi connectivity index (χ0n) is 22.6. The monoisotopic (exact) mass is 656 g/mol. The van der Waals surface area contributed by atoms with Crippen molar-refractivity contribution in [2.45, 2.75) is 19.1 Å². The summed E-state index contributed by atoms with van der Waals surface area (Å²) in [6.07, 6.45) is -1.99. The fourth-order valence-electron chi connectivity index (χ4n) is 4.16. The summed E-state index contributed by atoms with van der Waals surface area (Å²) in [6, 6.07) is 16.0. The number of rotatable bonds is 10. The number of methoxy groups -OCH3 is 1. The van der Waals surface area contributed by atoms with Crippen LogP contribution in [0.15, 0.2) is 83.6 Å². The molecule has 43 heavy (non-hydrogen) atoms. The fraction of sp³-hybridized carbons (Fsp3) is 0.167. The van der Waals surface area contributed by atoms with Gasteiger partial charge in [0.2, 0.25) is 5.91 Å². The van der Waals surface area contributed by atoms with Gasteiger partial charge in [-0.05, 0) is 63.5 Å². The number of carbonyl (C=O) groups is 3. The number of hydrogen-bond acceptors (Lipinski definition) is 6. The molecule has 222 valence electrons. The Labute approximate surface area is 252 Å². The zero-order valence-corrected chi connectivity index (χ0v) is 24.1. The minimum Gasteiger partial charge on any atom is -0.497 e. The lowest BCUT2D eigenvalue weighted by Crippen LogP contribution is -2.35. The van der Waals surface area contributed by atoms with E-state index in [2.05, 4.69) is 31.2 Å². The molecule has 0 aliphatic heterocycles. The third kappa shape index (κ3) is 8.38. The van der Waals surface area contributed by atoms with E-state index in [0.29, 0.717) is 11.4 Å². The Morgan fingerprint density at radius 3 is 2.21 bits per heavy atom. The third-order valence-corrected chi connectivity index (χ3v) is 6.62. The van der Waals surface area contributed by atoms with E-state index in [1.165, 1.54) is 43.5 Å². The standard InChI is InChI=1S/C30H24BrF3N4O5/c1-43-24-11-8-21(25(13-24)30(32,33)34)12-26(39)37-23-9-6-20(7-10-23)29(42)38(17-27(40)41)16-18-2-4-19(5-3-18)28-35-14-22(31)15-36-28/h2-11,13-15H,12,16-17H2,1H3,(H,37,39)(H,40,41). The number of nitrogens with zero attached hydrogens (tertiary/aromatic N) is 3. The van der Waals surface area contributed by atoms with Crippen LogP contribution in [-0.4, -0.2) is 51.4 Å². The Bertz CT molecular complexity index is 1610. The lowest BCUT2D eigenvalue weighted by Gasteiger charge is -2.21. The van der Waals surface area contributed by atoms with Gasteiger partial charge in [0.1, 0.15) is 12.3 Å². The quantitative estimate of drug-likeness (QED) is 0.220. The van der Waals surface area contributed by atoms with Gasteiger partial charge in [-0.15, -0.1) is 0 Å². The predicted molar refractivity (Wildman–Crippen MR) is 154 cm³/mol. The molecule has 2 amide bonds. The summed E-state index contributed by atoms with van der Waals surface area (Å²) in [5.74, 6) is -1.94. The zero-order chi connectivity index (χ0) is 31.1. The van der Waals surface area contributed by atoms with Gasteiger partial charge in [0.15, 0.2) is 5.82 Å². The van der Waals surface area contributed by atoms with Gasteiger partial charge in [0.25, 0.3) is 5.91 Å². The lowest BCUT2D eigenvalue weighted by molar-refractivity contribution is -0.139. The van der Waals surface area contributed by atoms with E-state index < -0.39 is 42.5 Å². The topological polar surface area (TPSA) is 122 Å². The van der Waals surface area contributed by atoms with Gasteiger partial charge in [-0.2, -0.15) is 13.2 Å². The van der Waals surface area contributed by atoms with Crippen LogP contribution in [-0.2, 0) is 28.7 Å². The number of carboxylic acid groups (broad SMARTS) is 1. The highest BCUT2D eigenvalue weighted by Gasteiger charge is 2.34. The average Bonchev–Trinajstić information content (AvgIpc) is 2.97. The Morgan fingerprint density at radius 1 is 0.977 bits per heavy atom. The Kier molecular flexibility index (Phi) is 9.76. The molecule has 9 nitrogen and oxygen atoms in total. The molecule has 4 aromatic rings. The Balaban J connectivity index is 1.43. The number of ether oxygens (including phenoxy) is 1. The molecule has 0 aliphatic rings. The van der Waals surface area contributed by atoms with Crippen LogP contribution in [0.2, 0.25) is 0 Å². The summed E-state index contributed by atoms with van der Waals surface area (Å²) < 4.78 is 46.0. The number of nitrogens with one attached hydrogen (secondary N) is 1. The van der Waals surface area contributed by atoms with E-state index >= 15 is 0 Å². The number of carbonyl (C=O) groups excluding carboxylic acids is 2. The molecule has 0 radical (unpaired) electrons. The smallest absolute Gasteiger partial charge is 0.416 e. The van der Waals surface area contributed by atoms with Gasteiger partial charge in [-0.25, -0.2) is 9.97 Å². The van der Waals surface area contributed by atoms with Gasteiger partial charge in [0.05, 0.1) is 23.6 Å². The summed E-state index contributed by atoms with van der Waals surface area (Å²) in [5.41, 5.74) is 0.632. The van der Waals surface area contributed by atoms with Gasteiger partial charge in [0, 0.05) is 35.8 Å². The first-order valence-electron chi connectivity index (χ1n) is 12.6. The van der Waals surface area contributed by atoms with Crippen molar-refractivity contribution < 1.29 is 37.4 Å². The van der Waals surface area contributed by atoms with Gasteiger partial charge in [-0.1, -0.05) is 30.3 Å². The number of aliphatic carboxylic acids is 1. The molecule has 2 N–H and O–H groups in total. The minimum absolute atomic E-state index is 0.00843. The molecule has 3 aromatic carbocycles. The maximum Gasteiger partial charge on any atom is 0.416 e. The first kappa shape index (κ1) is 31.2. The van der Waals surface area contributed by atoms with Crippen LogP contribution in [0, 0.1) is 0 Å². The fourth-order valence-corrected chi connectivity index (χ4v) is 4.37. The van der Waals surface area contributed by atoms with Gasteiger partial charge in [-0.3, -0.25) is 14.4 Å². The minimum atomic E-state index is -4.68. The summed E-state index contributed by atoms with van der Waals surface area (Å²) in [4.78, 5) is 46.9. The highest BCUT2D eigenvalue weighted by atomic mass is 79.9. The number of amides is 2. The van der Waals surface area contributed by atoms with E-state index in [-0.39, 0.29) is 29.1 Å². The van der Waals surface area contributed by atoms with E-state index in [1.807, 2.05) is 0 Å². The molecule has 0 aliphatic carbocycles. The van der Waals surface area contributed by atoms with Crippen LogP contribution in [0.4, 0.5) is 18.9 Å². The number of carboxylic acids is 1. The molecule has 0 spiro atoms. The van der Waals surface area contributed by atoms with E-state index in [0.717, 1.165) is 21.0 Å². The van der Waals surface area contributed by atoms with Crippen molar-refractivity contribution in [1.82, 2.24) is 14.9 Å². The van der Waals surface area contributed by atoms with Crippen molar-refractivity contribution in [3.8, 4) is 17.1 Å². The number of anilines is 1. The second-order valence-corrected chi connectivity index (χ2v) is 10.2. The van der Waals surface area contributed by atoms with Crippen molar-refractivity contribution >= 4 is 39.4 Å². The molecule has 4 rings (SSSR count). The van der Waals surface area contributed by atoms with Gasteiger partial charge >= 0.3 is 12.1 Å². The van der Waals surface area contributed by atoms with E-state index in [4.69, 9.17) is 4.74 Å². The summed E-state index contributed by atoms with van der Waals surface area (Å²) in [5, 5.41) is 11.9. The largest absolute Gasteiger partial charge is 0.497 e. The van der Waals surface area contributed by atoms with Crippen LogP contribution in [0.5, 0.6) is 5.75 Å². The van der Waals surface area contributed by atoms with E-state index in [9.17, 15) is 32.7 Å². The summed E-state index contributed by atoms with van der Waals surface area (Å²) in [6.45, 7) is -0.549. The molecular formula is C30H24BrF3N4O5. The molecule has 1 aromatic heterocycles. The summed E-state index contributed by atoms with van der Waals surface area (Å²) >= 11 is 3.28. The Hall–Kier alpha value is -4.78. The SMILES string of the molecule is COc1ccc(CC(=O)Nc2ccc(C(=O)N(CC(=O)O)Cc3ccc(-c4ncc(Br)cn4)cc3)cc2)c(C(F)(F)F)c1. The number of benzene rings is 3. The molecule has 0 saturated heterocycles. The van der Waals surface area contributed by atoms with Crippen LogP contribution in [0.1, 0.15) is 27.0 Å². The first-order valence-corrected chi connectivity index (χ1v) is 13.4. The van der Waals surface area contributed by atoms with Crippen LogP contribution >= 0.6 is 15.9 Å². The maximum atomic E-state index is 13.5. The number of alkyl halides is 3.